The maximum absolute atomic E-state index is 11.9. The third-order valence-corrected chi connectivity index (χ3v) is 4.20. The van der Waals surface area contributed by atoms with Crippen LogP contribution in [0.25, 0.3) is 0 Å². The highest BCUT2D eigenvalue weighted by Gasteiger charge is 2.11. The maximum atomic E-state index is 11.9. The number of carbonyl (C=O) groups excluding carboxylic acids is 1. The second-order valence-electron chi connectivity index (χ2n) is 6.15. The molecule has 0 aliphatic carbocycles. The molecule has 22 heavy (non-hydrogen) atoms. The smallest absolute Gasteiger partial charge is 0.338 e. The van der Waals surface area contributed by atoms with E-state index in [1.807, 2.05) is 30.3 Å². The predicted octanol–water partition coefficient (Wildman–Crippen LogP) is 6.01. The van der Waals surface area contributed by atoms with Gasteiger partial charge in [-0.3, -0.25) is 0 Å². The molecule has 0 N–H and O–H groups in total. The summed E-state index contributed by atoms with van der Waals surface area (Å²) >= 11 is 0. The van der Waals surface area contributed by atoms with E-state index in [2.05, 4.69) is 13.8 Å². The molecule has 0 aliphatic rings. The Morgan fingerprint density at radius 1 is 0.909 bits per heavy atom. The Morgan fingerprint density at radius 2 is 1.59 bits per heavy atom. The number of hydrogen-bond acceptors (Lipinski definition) is 2. The van der Waals surface area contributed by atoms with E-state index in [4.69, 9.17) is 4.74 Å². The molecule has 1 rings (SSSR count). The van der Waals surface area contributed by atoms with Crippen molar-refractivity contribution in [2.75, 3.05) is 6.61 Å². The van der Waals surface area contributed by atoms with Crippen molar-refractivity contribution in [3.8, 4) is 0 Å². The van der Waals surface area contributed by atoms with Crippen molar-refractivity contribution in [1.82, 2.24) is 0 Å². The fourth-order valence-corrected chi connectivity index (χ4v) is 2.76. The molecule has 1 unspecified atom stereocenters. The van der Waals surface area contributed by atoms with E-state index in [9.17, 15) is 4.79 Å². The summed E-state index contributed by atoms with van der Waals surface area (Å²) in [5.41, 5.74) is 0.649. The van der Waals surface area contributed by atoms with Gasteiger partial charge in [-0.15, -0.1) is 0 Å². The highest BCUT2D eigenvalue weighted by Crippen LogP contribution is 2.21. The molecule has 1 aromatic carbocycles. The van der Waals surface area contributed by atoms with Gasteiger partial charge in [0, 0.05) is 0 Å². The first-order valence-electron chi connectivity index (χ1n) is 9.00. The van der Waals surface area contributed by atoms with E-state index in [1.165, 1.54) is 51.4 Å². The third-order valence-electron chi connectivity index (χ3n) is 4.20. The summed E-state index contributed by atoms with van der Waals surface area (Å²) in [4.78, 5) is 11.9. The largest absolute Gasteiger partial charge is 0.462 e. The maximum Gasteiger partial charge on any atom is 0.338 e. The molecule has 0 amide bonds. The first-order chi connectivity index (χ1) is 10.8. The first-order valence-corrected chi connectivity index (χ1v) is 9.00. The highest BCUT2D eigenvalue weighted by atomic mass is 16.5. The lowest BCUT2D eigenvalue weighted by molar-refractivity contribution is 0.0478. The van der Waals surface area contributed by atoms with Gasteiger partial charge in [0.2, 0.25) is 0 Å². The summed E-state index contributed by atoms with van der Waals surface area (Å²) < 4.78 is 5.43. The SMILES string of the molecule is CCCCCCC(CCCC)CCOC(=O)c1ccccc1. The van der Waals surface area contributed by atoms with Gasteiger partial charge in [0.25, 0.3) is 0 Å². The van der Waals surface area contributed by atoms with E-state index in [0.29, 0.717) is 18.1 Å². The molecule has 0 fully saturated rings. The van der Waals surface area contributed by atoms with Gasteiger partial charge in [0.1, 0.15) is 0 Å². The Balaban J connectivity index is 2.27. The lowest BCUT2D eigenvalue weighted by Crippen LogP contribution is -2.10. The number of hydrogen-bond donors (Lipinski definition) is 0. The molecule has 0 spiro atoms. The average molecular weight is 304 g/mol. The second kappa shape index (κ2) is 12.3. The Bertz CT molecular complexity index is 386. The topological polar surface area (TPSA) is 26.3 Å². The summed E-state index contributed by atoms with van der Waals surface area (Å²) in [5, 5.41) is 0. The van der Waals surface area contributed by atoms with Gasteiger partial charge in [0.05, 0.1) is 12.2 Å². The average Bonchev–Trinajstić information content (AvgIpc) is 2.56. The Kier molecular flexibility index (Phi) is 10.4. The molecule has 0 aliphatic heterocycles. The monoisotopic (exact) mass is 304 g/mol. The molecule has 0 aromatic heterocycles. The molecule has 1 atom stereocenters. The molecule has 0 saturated heterocycles. The van der Waals surface area contributed by atoms with Crippen LogP contribution in [0.15, 0.2) is 30.3 Å². The van der Waals surface area contributed by atoms with Gasteiger partial charge in [-0.1, -0.05) is 83.4 Å². The van der Waals surface area contributed by atoms with E-state index in [1.54, 1.807) is 0 Å². The molecule has 0 heterocycles. The standard InChI is InChI=1S/C20H32O2/c1-3-5-7-9-13-18(12-6-4-2)16-17-22-20(21)19-14-10-8-11-15-19/h8,10-11,14-15,18H,3-7,9,12-13,16-17H2,1-2H3. The first kappa shape index (κ1) is 18.7. The third kappa shape index (κ3) is 8.21. The van der Waals surface area contributed by atoms with Gasteiger partial charge < -0.3 is 4.74 Å². The van der Waals surface area contributed by atoms with Crippen LogP contribution in [0.5, 0.6) is 0 Å². The van der Waals surface area contributed by atoms with Crippen molar-refractivity contribution in [3.05, 3.63) is 35.9 Å². The summed E-state index contributed by atoms with van der Waals surface area (Å²) in [7, 11) is 0. The van der Waals surface area contributed by atoms with E-state index >= 15 is 0 Å². The van der Waals surface area contributed by atoms with Crippen LogP contribution in [0.2, 0.25) is 0 Å². The number of ether oxygens (including phenoxy) is 1. The van der Waals surface area contributed by atoms with Crippen molar-refractivity contribution >= 4 is 5.97 Å². The van der Waals surface area contributed by atoms with Crippen molar-refractivity contribution in [2.45, 2.75) is 71.6 Å². The van der Waals surface area contributed by atoms with Gasteiger partial charge in [-0.05, 0) is 24.5 Å². The van der Waals surface area contributed by atoms with Crippen LogP contribution in [0.1, 0.15) is 82.0 Å². The normalized spacial score (nSPS) is 12.1. The molecular weight excluding hydrogens is 272 g/mol. The molecule has 0 bridgehead atoms. The van der Waals surface area contributed by atoms with Crippen LogP contribution in [-0.2, 0) is 4.74 Å². The van der Waals surface area contributed by atoms with Gasteiger partial charge in [-0.2, -0.15) is 0 Å². The van der Waals surface area contributed by atoms with E-state index in [0.717, 1.165) is 6.42 Å². The summed E-state index contributed by atoms with van der Waals surface area (Å²) in [5.74, 6) is 0.515. The minimum atomic E-state index is -0.194. The van der Waals surface area contributed by atoms with Gasteiger partial charge >= 0.3 is 5.97 Å². The minimum absolute atomic E-state index is 0.194. The van der Waals surface area contributed by atoms with Crippen LogP contribution < -0.4 is 0 Å². The highest BCUT2D eigenvalue weighted by molar-refractivity contribution is 5.89. The van der Waals surface area contributed by atoms with Crippen molar-refractivity contribution in [3.63, 3.8) is 0 Å². The van der Waals surface area contributed by atoms with E-state index in [-0.39, 0.29) is 5.97 Å². The van der Waals surface area contributed by atoms with Crippen LogP contribution in [0, 0.1) is 5.92 Å². The molecule has 2 nitrogen and oxygen atoms in total. The van der Waals surface area contributed by atoms with Crippen LogP contribution in [-0.4, -0.2) is 12.6 Å². The molecule has 2 heteroatoms. The van der Waals surface area contributed by atoms with Crippen LogP contribution in [0.3, 0.4) is 0 Å². The van der Waals surface area contributed by atoms with Crippen molar-refractivity contribution in [1.29, 1.82) is 0 Å². The van der Waals surface area contributed by atoms with Crippen LogP contribution in [0.4, 0.5) is 0 Å². The number of unbranched alkanes of at least 4 members (excludes halogenated alkanes) is 4. The summed E-state index contributed by atoms with van der Waals surface area (Å²) in [6, 6.07) is 9.26. The fraction of sp³-hybridized carbons (Fsp3) is 0.650. The molecule has 124 valence electrons. The predicted molar refractivity (Wildman–Crippen MR) is 93.1 cm³/mol. The van der Waals surface area contributed by atoms with Gasteiger partial charge in [0.15, 0.2) is 0 Å². The Hall–Kier alpha value is -1.31. The van der Waals surface area contributed by atoms with Crippen LogP contribution >= 0.6 is 0 Å². The Labute approximate surface area is 136 Å². The summed E-state index contributed by atoms with van der Waals surface area (Å²) in [6.07, 6.45) is 11.4. The lowest BCUT2D eigenvalue weighted by Gasteiger charge is -2.16. The fourth-order valence-electron chi connectivity index (χ4n) is 2.76. The minimum Gasteiger partial charge on any atom is -0.462 e. The Morgan fingerprint density at radius 3 is 2.27 bits per heavy atom. The number of benzene rings is 1. The zero-order valence-corrected chi connectivity index (χ0v) is 14.4. The number of carbonyl (C=O) groups is 1. The van der Waals surface area contributed by atoms with Crippen molar-refractivity contribution in [2.24, 2.45) is 5.92 Å². The second-order valence-corrected chi connectivity index (χ2v) is 6.15. The molecule has 0 saturated carbocycles. The van der Waals surface area contributed by atoms with Crippen molar-refractivity contribution < 1.29 is 9.53 Å². The number of rotatable bonds is 12. The lowest BCUT2D eigenvalue weighted by atomic mass is 9.92. The molecular formula is C20H32O2. The quantitative estimate of drug-likeness (QED) is 0.349. The van der Waals surface area contributed by atoms with E-state index < -0.39 is 0 Å². The summed E-state index contributed by atoms with van der Waals surface area (Å²) in [6.45, 7) is 5.04. The molecule has 1 aromatic rings. The zero-order valence-electron chi connectivity index (χ0n) is 14.4. The molecule has 0 radical (unpaired) electrons. The zero-order chi connectivity index (χ0) is 16.0. The van der Waals surface area contributed by atoms with Gasteiger partial charge in [-0.25, -0.2) is 4.79 Å². The number of esters is 1.